The predicted molar refractivity (Wildman–Crippen MR) is 109 cm³/mol. The van der Waals surface area contributed by atoms with Gasteiger partial charge in [-0.1, -0.05) is 23.4 Å². The second-order valence-corrected chi connectivity index (χ2v) is 6.73. The minimum absolute atomic E-state index is 0.170. The molecule has 0 spiro atoms. The zero-order valence-electron chi connectivity index (χ0n) is 16.1. The summed E-state index contributed by atoms with van der Waals surface area (Å²) in [5, 5.41) is 18.7. The maximum atomic E-state index is 14.2. The average Bonchev–Trinajstić information content (AvgIpc) is 3.46. The Bertz CT molecular complexity index is 1340. The van der Waals surface area contributed by atoms with E-state index < -0.39 is 0 Å². The summed E-state index contributed by atoms with van der Waals surface area (Å²) < 4.78 is 20.8. The Morgan fingerprint density at radius 1 is 0.968 bits per heavy atom. The van der Waals surface area contributed by atoms with Gasteiger partial charge in [-0.05, 0) is 24.3 Å². The number of halogens is 1. The van der Waals surface area contributed by atoms with Gasteiger partial charge in [0.15, 0.2) is 5.82 Å². The van der Waals surface area contributed by atoms with Gasteiger partial charge in [0.2, 0.25) is 5.88 Å². The van der Waals surface area contributed by atoms with Crippen LogP contribution in [-0.2, 0) is 6.54 Å². The van der Waals surface area contributed by atoms with Gasteiger partial charge >= 0.3 is 0 Å². The van der Waals surface area contributed by atoms with Gasteiger partial charge in [-0.25, -0.2) is 9.37 Å². The van der Waals surface area contributed by atoms with E-state index in [0.717, 1.165) is 5.56 Å². The minimum Gasteiger partial charge on any atom is -0.493 e. The van der Waals surface area contributed by atoms with Crippen LogP contribution in [0.25, 0.3) is 34.2 Å². The zero-order valence-corrected chi connectivity index (χ0v) is 16.1. The first-order valence-electron chi connectivity index (χ1n) is 9.38. The molecule has 1 N–H and O–H groups in total. The van der Waals surface area contributed by atoms with Crippen molar-refractivity contribution < 1.29 is 14.0 Å². The Kier molecular flexibility index (Phi) is 4.68. The number of aromatic hydroxyl groups is 1. The van der Waals surface area contributed by atoms with E-state index in [1.165, 1.54) is 18.4 Å². The van der Waals surface area contributed by atoms with E-state index >= 15 is 0 Å². The Morgan fingerprint density at radius 2 is 1.87 bits per heavy atom. The summed E-state index contributed by atoms with van der Waals surface area (Å²) >= 11 is 0. The molecule has 0 amide bonds. The van der Waals surface area contributed by atoms with Gasteiger partial charge in [0.1, 0.15) is 23.5 Å². The highest BCUT2D eigenvalue weighted by Crippen LogP contribution is 2.28. The number of benzene rings is 1. The third-order valence-electron chi connectivity index (χ3n) is 4.66. The number of nitrogens with zero attached hydrogens (tertiary/aromatic N) is 6. The van der Waals surface area contributed by atoms with E-state index in [1.807, 2.05) is 6.07 Å². The Labute approximate surface area is 175 Å². The fourth-order valence-electron chi connectivity index (χ4n) is 3.20. The molecule has 0 aliphatic carbocycles. The van der Waals surface area contributed by atoms with Crippen molar-refractivity contribution in [2.24, 2.45) is 0 Å². The molecule has 0 saturated heterocycles. The van der Waals surface area contributed by atoms with Gasteiger partial charge < -0.3 is 9.63 Å². The molecule has 0 fully saturated rings. The molecule has 5 aromatic rings. The monoisotopic (exact) mass is 414 g/mol. The van der Waals surface area contributed by atoms with Crippen molar-refractivity contribution in [1.29, 1.82) is 0 Å². The van der Waals surface area contributed by atoms with Gasteiger partial charge in [-0.15, -0.1) is 0 Å². The number of hydrogen-bond acceptors (Lipinski definition) is 7. The van der Waals surface area contributed by atoms with E-state index in [-0.39, 0.29) is 24.1 Å². The topological polar surface area (TPSA) is 103 Å². The highest BCUT2D eigenvalue weighted by molar-refractivity contribution is 5.66. The molecule has 5 rings (SSSR count). The fraction of sp³-hybridized carbons (Fsp3) is 0.0455. The SMILES string of the molecule is Oc1cc(-c2cccnc2)nc(-c2cc(-c3ccon3)n(Cc3ccccc3F)n2)n1. The van der Waals surface area contributed by atoms with Crippen molar-refractivity contribution in [3.63, 3.8) is 0 Å². The molecule has 4 aromatic heterocycles. The van der Waals surface area contributed by atoms with E-state index in [0.29, 0.717) is 28.3 Å². The summed E-state index contributed by atoms with van der Waals surface area (Å²) in [4.78, 5) is 12.7. The van der Waals surface area contributed by atoms with Crippen molar-refractivity contribution in [3.8, 4) is 40.0 Å². The van der Waals surface area contributed by atoms with Crippen LogP contribution in [0.15, 0.2) is 77.8 Å². The quantitative estimate of drug-likeness (QED) is 0.464. The molecule has 31 heavy (non-hydrogen) atoms. The largest absolute Gasteiger partial charge is 0.493 e. The van der Waals surface area contributed by atoms with Crippen molar-refractivity contribution in [3.05, 3.63) is 84.6 Å². The third-order valence-corrected chi connectivity index (χ3v) is 4.66. The summed E-state index contributed by atoms with van der Waals surface area (Å²) in [5.41, 5.74) is 3.22. The van der Waals surface area contributed by atoms with Gasteiger partial charge in [0, 0.05) is 35.7 Å². The number of rotatable bonds is 5. The zero-order chi connectivity index (χ0) is 21.2. The van der Waals surface area contributed by atoms with E-state index in [2.05, 4.69) is 25.2 Å². The first-order valence-corrected chi connectivity index (χ1v) is 9.38. The molecule has 9 heteroatoms. The number of aromatic nitrogens is 6. The molecular weight excluding hydrogens is 399 g/mol. The van der Waals surface area contributed by atoms with Crippen LogP contribution >= 0.6 is 0 Å². The summed E-state index contributed by atoms with van der Waals surface area (Å²) in [6, 6.07) is 14.9. The Hall–Kier alpha value is -4.40. The molecule has 0 atom stereocenters. The van der Waals surface area contributed by atoms with Crippen molar-refractivity contribution in [1.82, 2.24) is 29.9 Å². The van der Waals surface area contributed by atoms with Gasteiger partial charge in [-0.2, -0.15) is 10.1 Å². The lowest BCUT2D eigenvalue weighted by molar-refractivity contribution is 0.421. The lowest BCUT2D eigenvalue weighted by atomic mass is 10.2. The maximum absolute atomic E-state index is 14.2. The maximum Gasteiger partial charge on any atom is 0.215 e. The number of pyridine rings is 1. The van der Waals surface area contributed by atoms with Crippen LogP contribution in [-0.4, -0.2) is 35.0 Å². The lowest BCUT2D eigenvalue weighted by Crippen LogP contribution is -2.06. The molecule has 0 bridgehead atoms. The summed E-state index contributed by atoms with van der Waals surface area (Å²) in [5.74, 6) is -0.315. The number of hydrogen-bond donors (Lipinski definition) is 1. The molecule has 1 aromatic carbocycles. The van der Waals surface area contributed by atoms with Crippen LogP contribution in [0.1, 0.15) is 5.56 Å². The predicted octanol–water partition coefficient (Wildman–Crippen LogP) is 3.95. The van der Waals surface area contributed by atoms with Crippen LogP contribution in [0.2, 0.25) is 0 Å². The van der Waals surface area contributed by atoms with Crippen molar-refractivity contribution in [2.75, 3.05) is 0 Å². The van der Waals surface area contributed by atoms with Crippen LogP contribution in [0.5, 0.6) is 5.88 Å². The van der Waals surface area contributed by atoms with Gasteiger partial charge in [0.05, 0.1) is 17.9 Å². The standard InChI is InChI=1S/C22H15FN6O2/c23-16-6-2-1-4-15(16)13-29-20(17-7-9-31-28-17)10-19(27-29)22-25-18(11-21(30)26-22)14-5-3-8-24-12-14/h1-12H,13H2,(H,25,26,30). The van der Waals surface area contributed by atoms with Gasteiger partial charge in [-0.3, -0.25) is 9.67 Å². The lowest BCUT2D eigenvalue weighted by Gasteiger charge is -2.06. The Morgan fingerprint density at radius 3 is 2.65 bits per heavy atom. The van der Waals surface area contributed by atoms with Crippen molar-refractivity contribution >= 4 is 0 Å². The molecule has 4 heterocycles. The first kappa shape index (κ1) is 18.6. The summed E-state index contributed by atoms with van der Waals surface area (Å²) in [7, 11) is 0. The van der Waals surface area contributed by atoms with Crippen LogP contribution in [0.4, 0.5) is 4.39 Å². The Balaban J connectivity index is 1.61. The highest BCUT2D eigenvalue weighted by atomic mass is 19.1. The highest BCUT2D eigenvalue weighted by Gasteiger charge is 2.18. The van der Waals surface area contributed by atoms with Gasteiger partial charge in [0.25, 0.3) is 0 Å². The summed E-state index contributed by atoms with van der Waals surface area (Å²) in [6.45, 7) is 0.170. The molecule has 0 saturated carbocycles. The minimum atomic E-state index is -0.335. The van der Waals surface area contributed by atoms with E-state index in [1.54, 1.807) is 53.5 Å². The third kappa shape index (κ3) is 3.76. The van der Waals surface area contributed by atoms with E-state index in [4.69, 9.17) is 4.52 Å². The van der Waals surface area contributed by atoms with Crippen LogP contribution < -0.4 is 0 Å². The second kappa shape index (κ2) is 7.79. The first-order chi connectivity index (χ1) is 15.2. The smallest absolute Gasteiger partial charge is 0.215 e. The molecule has 0 unspecified atom stereocenters. The molecule has 0 radical (unpaired) electrons. The molecule has 8 nitrogen and oxygen atoms in total. The molecule has 0 aliphatic rings. The molecule has 152 valence electrons. The fourth-order valence-corrected chi connectivity index (χ4v) is 3.20. The second-order valence-electron chi connectivity index (χ2n) is 6.73. The van der Waals surface area contributed by atoms with Crippen molar-refractivity contribution in [2.45, 2.75) is 6.54 Å². The normalized spacial score (nSPS) is 11.0. The van der Waals surface area contributed by atoms with Crippen LogP contribution in [0, 0.1) is 5.82 Å². The average molecular weight is 414 g/mol. The molecule has 0 aliphatic heterocycles. The molecular formula is C22H15FN6O2. The van der Waals surface area contributed by atoms with E-state index in [9.17, 15) is 9.50 Å². The van der Waals surface area contributed by atoms with Crippen LogP contribution in [0.3, 0.4) is 0 Å². The summed E-state index contributed by atoms with van der Waals surface area (Å²) in [6.07, 6.45) is 4.74.